The minimum absolute atomic E-state index is 0. The Kier molecular flexibility index (Phi) is 7.10. The normalized spacial score (nSPS) is 8.31. The Balaban J connectivity index is 0.000000267. The molecule has 0 unspecified atom stereocenters. The second-order valence-corrected chi connectivity index (χ2v) is 3.07. The second-order valence-electron chi connectivity index (χ2n) is 3.07. The Morgan fingerprint density at radius 3 is 1.69 bits per heavy atom. The van der Waals surface area contributed by atoms with Crippen LogP contribution < -0.4 is 0 Å². The molecular formula is C13H12FeO2. The molecule has 0 aromatic heterocycles. The Morgan fingerprint density at radius 1 is 1.00 bits per heavy atom. The van der Waals surface area contributed by atoms with Crippen LogP contribution in [0.4, 0.5) is 0 Å². The van der Waals surface area contributed by atoms with Gasteiger partial charge in [-0.15, -0.1) is 0 Å². The minimum atomic E-state index is 0. The van der Waals surface area contributed by atoms with Crippen molar-refractivity contribution in [1.29, 1.82) is 0 Å². The summed E-state index contributed by atoms with van der Waals surface area (Å²) in [7, 11) is 0. The standard InChI is InChI=1S/C7H7O.C6H5O.Fe/c1-6(8)7-4-2-3-5-7;7-5-6-3-1-2-4-6;/h2-5H,1H3;1-5H;/q2*-1;+2. The topological polar surface area (TPSA) is 34.1 Å². The van der Waals surface area contributed by atoms with Crippen LogP contribution in [0.1, 0.15) is 27.6 Å². The summed E-state index contributed by atoms with van der Waals surface area (Å²) in [4.78, 5) is 20.4. The van der Waals surface area contributed by atoms with Gasteiger partial charge in [0.05, 0.1) is 6.29 Å². The third-order valence-corrected chi connectivity index (χ3v) is 1.89. The SMILES string of the molecule is CC(=O)[c-]1cccc1.O=C[c-]1cccc1.[Fe+2]. The van der Waals surface area contributed by atoms with Crippen LogP contribution in [0.5, 0.6) is 0 Å². The molecule has 2 aromatic rings. The molecule has 84 valence electrons. The molecule has 0 aliphatic carbocycles. The number of aldehydes is 1. The largest absolute Gasteiger partial charge is 2.00 e. The molecule has 3 heteroatoms. The van der Waals surface area contributed by atoms with Gasteiger partial charge < -0.3 is 9.59 Å². The van der Waals surface area contributed by atoms with Crippen molar-refractivity contribution in [2.45, 2.75) is 6.92 Å². The number of hydrogen-bond donors (Lipinski definition) is 0. The van der Waals surface area contributed by atoms with E-state index in [1.54, 1.807) is 19.1 Å². The second kappa shape index (κ2) is 7.80. The van der Waals surface area contributed by atoms with Crippen molar-refractivity contribution in [3.05, 3.63) is 59.7 Å². The van der Waals surface area contributed by atoms with Crippen molar-refractivity contribution >= 4 is 12.1 Å². The Labute approximate surface area is 105 Å². The maximum Gasteiger partial charge on any atom is 2.00 e. The molecule has 2 rings (SSSR count). The zero-order valence-electron chi connectivity index (χ0n) is 8.87. The van der Waals surface area contributed by atoms with E-state index in [-0.39, 0.29) is 22.9 Å². The van der Waals surface area contributed by atoms with Gasteiger partial charge in [0.15, 0.2) is 0 Å². The van der Waals surface area contributed by atoms with Crippen LogP contribution in [0.3, 0.4) is 0 Å². The van der Waals surface area contributed by atoms with Gasteiger partial charge in [0.2, 0.25) is 0 Å². The van der Waals surface area contributed by atoms with E-state index in [1.165, 1.54) is 0 Å². The molecule has 2 nitrogen and oxygen atoms in total. The van der Waals surface area contributed by atoms with Crippen molar-refractivity contribution in [3.8, 4) is 0 Å². The Bertz CT molecular complexity index is 399. The molecule has 0 saturated carbocycles. The quantitative estimate of drug-likeness (QED) is 0.358. The Morgan fingerprint density at radius 2 is 1.44 bits per heavy atom. The summed E-state index contributed by atoms with van der Waals surface area (Å²) in [6.07, 6.45) is 0.833. The number of ketones is 1. The first kappa shape index (κ1) is 14.6. The molecular weight excluding hydrogens is 244 g/mol. The summed E-state index contributed by atoms with van der Waals surface area (Å²) in [5.74, 6) is 0.134. The first-order valence-corrected chi connectivity index (χ1v) is 4.63. The van der Waals surface area contributed by atoms with Crippen LogP contribution in [0.2, 0.25) is 0 Å². The summed E-state index contributed by atoms with van der Waals surface area (Å²) >= 11 is 0. The number of carbonyl (C=O) groups is 2. The van der Waals surface area contributed by atoms with E-state index in [2.05, 4.69) is 0 Å². The maximum absolute atomic E-state index is 10.5. The molecule has 0 heterocycles. The molecule has 0 saturated heterocycles. The van der Waals surface area contributed by atoms with Crippen LogP contribution in [0, 0.1) is 0 Å². The fourth-order valence-electron chi connectivity index (χ4n) is 1.08. The number of hydrogen-bond acceptors (Lipinski definition) is 2. The monoisotopic (exact) mass is 256 g/mol. The van der Waals surface area contributed by atoms with E-state index >= 15 is 0 Å². The summed E-state index contributed by atoms with van der Waals surface area (Å²) in [6, 6.07) is 14.5. The van der Waals surface area contributed by atoms with Crippen molar-refractivity contribution < 1.29 is 26.7 Å². The van der Waals surface area contributed by atoms with Gasteiger partial charge in [0, 0.05) is 0 Å². The van der Waals surface area contributed by atoms with Crippen LogP contribution in [-0.2, 0) is 17.1 Å². The van der Waals surface area contributed by atoms with Crippen molar-refractivity contribution in [2.75, 3.05) is 0 Å². The van der Waals surface area contributed by atoms with Gasteiger partial charge >= 0.3 is 17.1 Å². The molecule has 0 fully saturated rings. The summed E-state index contributed by atoms with van der Waals surface area (Å²) in [6.45, 7) is 1.56. The summed E-state index contributed by atoms with van der Waals surface area (Å²) < 4.78 is 0. The first-order chi connectivity index (χ1) is 7.24. The molecule has 0 aliphatic heterocycles. The summed E-state index contributed by atoms with van der Waals surface area (Å²) in [5, 5.41) is 0. The van der Waals surface area contributed by atoms with E-state index in [0.29, 0.717) is 0 Å². The van der Waals surface area contributed by atoms with Gasteiger partial charge in [0.1, 0.15) is 5.78 Å². The van der Waals surface area contributed by atoms with Crippen molar-refractivity contribution in [2.24, 2.45) is 0 Å². The molecule has 0 aliphatic rings. The molecule has 0 spiro atoms. The van der Waals surface area contributed by atoms with E-state index in [1.807, 2.05) is 36.4 Å². The smallest absolute Gasteiger partial charge is 0.312 e. The van der Waals surface area contributed by atoms with Gasteiger partial charge in [-0.2, -0.15) is 24.3 Å². The van der Waals surface area contributed by atoms with E-state index < -0.39 is 0 Å². The zero-order chi connectivity index (χ0) is 11.1. The average molecular weight is 256 g/mol. The van der Waals surface area contributed by atoms with Crippen LogP contribution in [0.15, 0.2) is 48.5 Å². The molecule has 2 aromatic carbocycles. The van der Waals surface area contributed by atoms with Crippen LogP contribution >= 0.6 is 0 Å². The number of rotatable bonds is 2. The van der Waals surface area contributed by atoms with E-state index in [9.17, 15) is 9.59 Å². The molecule has 0 radical (unpaired) electrons. The van der Waals surface area contributed by atoms with Crippen molar-refractivity contribution in [1.82, 2.24) is 0 Å². The number of Topliss-reactive ketones (excluding diaryl/α,β-unsaturated/α-hetero) is 1. The fraction of sp³-hybridized carbons (Fsp3) is 0.0769. The molecule has 0 amide bonds. The van der Waals surface area contributed by atoms with E-state index in [0.717, 1.165) is 17.4 Å². The third-order valence-electron chi connectivity index (χ3n) is 1.89. The number of carbonyl (C=O) groups excluding carboxylic acids is 2. The van der Waals surface area contributed by atoms with Crippen LogP contribution in [0.25, 0.3) is 0 Å². The van der Waals surface area contributed by atoms with Gasteiger partial charge in [-0.1, -0.05) is 11.1 Å². The first-order valence-electron chi connectivity index (χ1n) is 4.63. The predicted octanol–water partition coefficient (Wildman–Crippen LogP) is 2.82. The van der Waals surface area contributed by atoms with Gasteiger partial charge in [-0.3, -0.25) is 0 Å². The van der Waals surface area contributed by atoms with Crippen LogP contribution in [-0.4, -0.2) is 12.1 Å². The maximum atomic E-state index is 10.5. The van der Waals surface area contributed by atoms with Gasteiger partial charge in [-0.05, 0) is 6.92 Å². The minimum Gasteiger partial charge on any atom is -0.312 e. The molecule has 0 bridgehead atoms. The Hall–Kier alpha value is -1.44. The van der Waals surface area contributed by atoms with Gasteiger partial charge in [-0.25, -0.2) is 24.3 Å². The summed E-state index contributed by atoms with van der Waals surface area (Å²) in [5.41, 5.74) is 1.55. The fourth-order valence-corrected chi connectivity index (χ4v) is 1.08. The van der Waals surface area contributed by atoms with E-state index in [4.69, 9.17) is 0 Å². The average Bonchev–Trinajstić information content (AvgIpc) is 2.92. The van der Waals surface area contributed by atoms with Crippen molar-refractivity contribution in [3.63, 3.8) is 0 Å². The molecule has 0 atom stereocenters. The molecule has 0 N–H and O–H groups in total. The predicted molar refractivity (Wildman–Crippen MR) is 59.5 cm³/mol. The van der Waals surface area contributed by atoms with Gasteiger partial charge in [0.25, 0.3) is 0 Å². The molecule has 16 heavy (non-hydrogen) atoms. The zero-order valence-corrected chi connectivity index (χ0v) is 9.97. The third kappa shape index (κ3) is 4.87.